The van der Waals surface area contributed by atoms with E-state index in [4.69, 9.17) is 9.47 Å². The lowest BCUT2D eigenvalue weighted by molar-refractivity contribution is 0.0593. The molecule has 196 valence electrons. The Hall–Kier alpha value is -3.33. The number of nitrogens with zero attached hydrogens (tertiary/aromatic N) is 3. The van der Waals surface area contributed by atoms with E-state index in [2.05, 4.69) is 25.5 Å². The van der Waals surface area contributed by atoms with E-state index in [0.717, 1.165) is 44.7 Å². The maximum Gasteiger partial charge on any atom is 0.296 e. The third-order valence-corrected chi connectivity index (χ3v) is 7.33. The first kappa shape index (κ1) is 25.3. The number of rotatable bonds is 9. The van der Waals surface area contributed by atoms with Crippen LogP contribution in [0.3, 0.4) is 0 Å². The van der Waals surface area contributed by atoms with Gasteiger partial charge in [0, 0.05) is 31.4 Å². The zero-order valence-electron chi connectivity index (χ0n) is 21.0. The van der Waals surface area contributed by atoms with Crippen molar-refractivity contribution in [3.8, 4) is 16.9 Å². The molecule has 2 aliphatic rings. The van der Waals surface area contributed by atoms with Crippen molar-refractivity contribution in [2.45, 2.75) is 57.8 Å². The fourth-order valence-corrected chi connectivity index (χ4v) is 5.19. The summed E-state index contributed by atoms with van der Waals surface area (Å²) in [4.78, 5) is 21.3. The van der Waals surface area contributed by atoms with E-state index in [1.54, 1.807) is 24.3 Å². The van der Waals surface area contributed by atoms with Crippen molar-refractivity contribution in [3.05, 3.63) is 54.0 Å². The molecule has 1 aromatic carbocycles. The molecule has 0 bridgehead atoms. The Balaban J connectivity index is 1.20. The molecule has 1 saturated heterocycles. The number of nitrogens with one attached hydrogen (secondary N) is 2. The van der Waals surface area contributed by atoms with Gasteiger partial charge < -0.3 is 14.8 Å². The van der Waals surface area contributed by atoms with Crippen molar-refractivity contribution in [2.75, 3.05) is 25.1 Å². The molecule has 2 aromatic heterocycles. The Labute approximate surface area is 216 Å². The fraction of sp³-hybridized carbons (Fsp3) is 0.500. The highest BCUT2D eigenvalue weighted by Gasteiger charge is 2.19. The SMILES string of the molecule is O=C(Nc1cc(-c2cc(OCCC3CCOCC3)ccc2F)ccn1)c1n[nH]c(CC2CCCCC2)n1. The van der Waals surface area contributed by atoms with Crippen LogP contribution in [0.1, 0.15) is 67.8 Å². The van der Waals surface area contributed by atoms with Gasteiger partial charge in [-0.15, -0.1) is 5.10 Å². The van der Waals surface area contributed by atoms with E-state index in [1.807, 2.05) is 0 Å². The summed E-state index contributed by atoms with van der Waals surface area (Å²) in [7, 11) is 0. The predicted molar refractivity (Wildman–Crippen MR) is 138 cm³/mol. The van der Waals surface area contributed by atoms with Crippen LogP contribution < -0.4 is 10.1 Å². The summed E-state index contributed by atoms with van der Waals surface area (Å²) in [5, 5.41) is 9.71. The summed E-state index contributed by atoms with van der Waals surface area (Å²) >= 11 is 0. The first-order valence-electron chi connectivity index (χ1n) is 13.3. The second kappa shape index (κ2) is 12.3. The van der Waals surface area contributed by atoms with E-state index >= 15 is 0 Å². The van der Waals surface area contributed by atoms with Gasteiger partial charge in [-0.1, -0.05) is 32.1 Å². The van der Waals surface area contributed by atoms with Crippen LogP contribution in [0.25, 0.3) is 11.1 Å². The summed E-state index contributed by atoms with van der Waals surface area (Å²) in [5.41, 5.74) is 0.972. The van der Waals surface area contributed by atoms with Crippen molar-refractivity contribution in [2.24, 2.45) is 11.8 Å². The minimum Gasteiger partial charge on any atom is -0.494 e. The quantitative estimate of drug-likeness (QED) is 0.392. The highest BCUT2D eigenvalue weighted by atomic mass is 19.1. The first-order valence-corrected chi connectivity index (χ1v) is 13.3. The normalized spacial score (nSPS) is 17.0. The zero-order chi connectivity index (χ0) is 25.5. The van der Waals surface area contributed by atoms with Gasteiger partial charge in [0.2, 0.25) is 5.82 Å². The van der Waals surface area contributed by atoms with Crippen molar-refractivity contribution in [1.29, 1.82) is 0 Å². The van der Waals surface area contributed by atoms with Crippen LogP contribution in [-0.4, -0.2) is 45.9 Å². The molecule has 37 heavy (non-hydrogen) atoms. The van der Waals surface area contributed by atoms with Crippen LogP contribution in [-0.2, 0) is 11.2 Å². The summed E-state index contributed by atoms with van der Waals surface area (Å²) < 4.78 is 26.1. The second-order valence-electron chi connectivity index (χ2n) is 10.0. The Bertz CT molecular complexity index is 1190. The Morgan fingerprint density at radius 2 is 1.92 bits per heavy atom. The number of carbonyl (C=O) groups is 1. The molecule has 0 atom stereocenters. The molecule has 1 saturated carbocycles. The number of amides is 1. The molecule has 2 N–H and O–H groups in total. The average molecular weight is 508 g/mol. The molecule has 9 heteroatoms. The number of hydrogen-bond acceptors (Lipinski definition) is 6. The molecule has 8 nitrogen and oxygen atoms in total. The largest absolute Gasteiger partial charge is 0.494 e. The second-order valence-corrected chi connectivity index (χ2v) is 10.0. The van der Waals surface area contributed by atoms with Crippen LogP contribution in [0.2, 0.25) is 0 Å². The van der Waals surface area contributed by atoms with E-state index in [9.17, 15) is 9.18 Å². The standard InChI is InChI=1S/C28H34FN5O3/c29-24-7-6-22(37-15-11-19-9-13-36-14-10-19)18-23(24)21-8-12-30-25(17-21)32-28(35)27-31-26(33-34-27)16-20-4-2-1-3-5-20/h6-8,12,17-20H,1-5,9-11,13-16H2,(H,30,32,35)(H,31,33,34). The number of aromatic nitrogens is 4. The topological polar surface area (TPSA) is 102 Å². The van der Waals surface area contributed by atoms with E-state index in [0.29, 0.717) is 41.1 Å². The number of H-pyrrole nitrogens is 1. The molecule has 1 aliphatic heterocycles. The average Bonchev–Trinajstić information content (AvgIpc) is 3.40. The third kappa shape index (κ3) is 6.91. The van der Waals surface area contributed by atoms with Gasteiger partial charge in [0.05, 0.1) is 6.61 Å². The van der Waals surface area contributed by atoms with Crippen LogP contribution in [0.4, 0.5) is 10.2 Å². The Kier molecular flexibility index (Phi) is 8.40. The number of anilines is 1. The van der Waals surface area contributed by atoms with E-state index in [1.165, 1.54) is 44.4 Å². The number of aromatic amines is 1. The zero-order valence-corrected chi connectivity index (χ0v) is 21.0. The van der Waals surface area contributed by atoms with Gasteiger partial charge in [0.15, 0.2) is 0 Å². The third-order valence-electron chi connectivity index (χ3n) is 7.33. The van der Waals surface area contributed by atoms with Crippen molar-refractivity contribution < 1.29 is 18.7 Å². The van der Waals surface area contributed by atoms with Gasteiger partial charge in [-0.05, 0) is 67.0 Å². The summed E-state index contributed by atoms with van der Waals surface area (Å²) in [6.07, 6.45) is 11.6. The minimum atomic E-state index is -0.457. The molecule has 2 fully saturated rings. The van der Waals surface area contributed by atoms with Gasteiger partial charge in [0.25, 0.3) is 5.91 Å². The number of carbonyl (C=O) groups excluding carboxylic acids is 1. The van der Waals surface area contributed by atoms with Crippen LogP contribution in [0.5, 0.6) is 5.75 Å². The van der Waals surface area contributed by atoms with Crippen molar-refractivity contribution in [3.63, 3.8) is 0 Å². The minimum absolute atomic E-state index is 0.0733. The molecule has 1 aliphatic carbocycles. The maximum atomic E-state index is 14.7. The summed E-state index contributed by atoms with van der Waals surface area (Å²) in [5.74, 6) is 2.07. The smallest absolute Gasteiger partial charge is 0.296 e. The molecule has 3 aromatic rings. The van der Waals surface area contributed by atoms with Crippen molar-refractivity contribution in [1.82, 2.24) is 20.2 Å². The van der Waals surface area contributed by atoms with Gasteiger partial charge in [-0.3, -0.25) is 9.89 Å². The number of ether oxygens (including phenoxy) is 2. The van der Waals surface area contributed by atoms with Crippen LogP contribution in [0, 0.1) is 17.7 Å². The molecular formula is C28H34FN5O3. The first-order chi connectivity index (χ1) is 18.1. The van der Waals surface area contributed by atoms with Crippen LogP contribution in [0.15, 0.2) is 36.5 Å². The van der Waals surface area contributed by atoms with Gasteiger partial charge in [0.1, 0.15) is 23.2 Å². The number of benzene rings is 1. The molecule has 0 unspecified atom stereocenters. The monoisotopic (exact) mass is 507 g/mol. The van der Waals surface area contributed by atoms with Gasteiger partial charge in [-0.2, -0.15) is 0 Å². The lowest BCUT2D eigenvalue weighted by atomic mass is 9.87. The summed E-state index contributed by atoms with van der Waals surface area (Å²) in [6, 6.07) is 8.07. The molecule has 3 heterocycles. The van der Waals surface area contributed by atoms with Gasteiger partial charge in [-0.25, -0.2) is 14.4 Å². The Morgan fingerprint density at radius 1 is 1.08 bits per heavy atom. The molecule has 1 amide bonds. The maximum absolute atomic E-state index is 14.7. The van der Waals surface area contributed by atoms with E-state index in [-0.39, 0.29) is 11.6 Å². The number of pyridine rings is 1. The fourth-order valence-electron chi connectivity index (χ4n) is 5.19. The number of halogens is 1. The lowest BCUT2D eigenvalue weighted by Gasteiger charge is -2.21. The highest BCUT2D eigenvalue weighted by Crippen LogP contribution is 2.29. The molecule has 5 rings (SSSR count). The molecular weight excluding hydrogens is 473 g/mol. The lowest BCUT2D eigenvalue weighted by Crippen LogP contribution is -2.17. The Morgan fingerprint density at radius 3 is 2.76 bits per heavy atom. The summed E-state index contributed by atoms with van der Waals surface area (Å²) in [6.45, 7) is 2.20. The van der Waals surface area contributed by atoms with E-state index < -0.39 is 5.91 Å². The number of hydrogen-bond donors (Lipinski definition) is 2. The van der Waals surface area contributed by atoms with Crippen LogP contribution >= 0.6 is 0 Å². The van der Waals surface area contributed by atoms with Crippen molar-refractivity contribution >= 4 is 11.7 Å². The molecule has 0 spiro atoms. The highest BCUT2D eigenvalue weighted by molar-refractivity contribution is 6.01. The van der Waals surface area contributed by atoms with Gasteiger partial charge >= 0.3 is 0 Å². The molecule has 0 radical (unpaired) electrons. The predicted octanol–water partition coefficient (Wildman–Crippen LogP) is 5.58.